The van der Waals surface area contributed by atoms with Crippen molar-refractivity contribution in [1.29, 1.82) is 0 Å². The fourth-order valence-corrected chi connectivity index (χ4v) is 3.40. The van der Waals surface area contributed by atoms with Gasteiger partial charge in [-0.25, -0.2) is 8.78 Å². The second kappa shape index (κ2) is 9.11. The first kappa shape index (κ1) is 22.2. The molecule has 0 saturated heterocycles. The van der Waals surface area contributed by atoms with Crippen molar-refractivity contribution in [3.63, 3.8) is 0 Å². The summed E-state index contributed by atoms with van der Waals surface area (Å²) in [5, 5.41) is 15.1. The van der Waals surface area contributed by atoms with Crippen molar-refractivity contribution in [2.75, 3.05) is 11.6 Å². The highest BCUT2D eigenvalue weighted by molar-refractivity contribution is 5.93. The molecule has 9 heteroatoms. The maximum absolute atomic E-state index is 14.5. The summed E-state index contributed by atoms with van der Waals surface area (Å²) < 4.78 is 34.4. The number of carbonyl (C=O) groups excluding carboxylic acids is 1. The molecule has 0 fully saturated rings. The van der Waals surface area contributed by atoms with Gasteiger partial charge in [0.05, 0.1) is 17.6 Å². The van der Waals surface area contributed by atoms with Gasteiger partial charge in [-0.2, -0.15) is 5.10 Å². The first-order valence-electron chi connectivity index (χ1n) is 9.72. The average Bonchev–Trinajstić information content (AvgIpc) is 3.07. The summed E-state index contributed by atoms with van der Waals surface area (Å²) in [6.07, 6.45) is 0.545. The fraction of sp³-hybridized carbons (Fsp3) is 0.318. The van der Waals surface area contributed by atoms with Crippen molar-refractivity contribution < 1.29 is 28.2 Å². The molecule has 7 nitrogen and oxygen atoms in total. The summed E-state index contributed by atoms with van der Waals surface area (Å²) in [5.74, 6) is -4.64. The molecule has 2 unspecified atom stereocenters. The molecule has 0 radical (unpaired) electrons. The zero-order valence-corrected chi connectivity index (χ0v) is 17.1. The van der Waals surface area contributed by atoms with Gasteiger partial charge in [0.15, 0.2) is 17.4 Å². The van der Waals surface area contributed by atoms with Crippen LogP contribution in [0.2, 0.25) is 0 Å². The van der Waals surface area contributed by atoms with E-state index in [0.717, 1.165) is 17.8 Å². The number of ether oxygens (including phenoxy) is 1. The number of nitrogens with two attached hydrogens (primary N) is 1. The normalized spacial score (nSPS) is 16.7. The van der Waals surface area contributed by atoms with E-state index in [0.29, 0.717) is 17.7 Å². The molecule has 31 heavy (non-hydrogen) atoms. The van der Waals surface area contributed by atoms with Gasteiger partial charge < -0.3 is 15.6 Å². The number of primary amides is 1. The Kier molecular flexibility index (Phi) is 6.53. The molecule has 0 aliphatic carbocycles. The molecule has 0 saturated carbocycles. The number of hydrogen-bond acceptors (Lipinski definition) is 5. The van der Waals surface area contributed by atoms with Crippen LogP contribution in [0.25, 0.3) is 0 Å². The van der Waals surface area contributed by atoms with Gasteiger partial charge in [-0.05, 0) is 55.3 Å². The smallest absolute Gasteiger partial charge is 0.306 e. The van der Waals surface area contributed by atoms with E-state index in [1.165, 1.54) is 6.92 Å². The van der Waals surface area contributed by atoms with Gasteiger partial charge in [-0.15, -0.1) is 0 Å². The highest BCUT2D eigenvalue weighted by Gasteiger charge is 2.28. The van der Waals surface area contributed by atoms with E-state index in [1.54, 1.807) is 29.3 Å². The van der Waals surface area contributed by atoms with E-state index in [-0.39, 0.29) is 24.6 Å². The zero-order chi connectivity index (χ0) is 22.7. The molecular formula is C22H23F2N3O4. The monoisotopic (exact) mass is 431 g/mol. The Labute approximate surface area is 178 Å². The summed E-state index contributed by atoms with van der Waals surface area (Å²) >= 11 is 0. The van der Waals surface area contributed by atoms with Crippen LogP contribution in [0, 0.1) is 17.6 Å². The SMILES string of the molecule is CC1=NN(c2ccc(C(N)=O)cc2)C(COc2c(F)cc(CC(C)C(=O)O)cc2F)C1. The molecule has 2 aromatic carbocycles. The highest BCUT2D eigenvalue weighted by atomic mass is 19.1. The average molecular weight is 431 g/mol. The van der Waals surface area contributed by atoms with Crippen molar-refractivity contribution >= 4 is 23.3 Å². The number of rotatable bonds is 8. The van der Waals surface area contributed by atoms with E-state index in [4.69, 9.17) is 15.6 Å². The molecule has 0 spiro atoms. The number of hydrazone groups is 1. The van der Waals surface area contributed by atoms with E-state index in [1.807, 2.05) is 6.92 Å². The molecule has 0 aromatic heterocycles. The molecule has 1 heterocycles. The number of amides is 1. The Morgan fingerprint density at radius 1 is 1.26 bits per heavy atom. The summed E-state index contributed by atoms with van der Waals surface area (Å²) in [6.45, 7) is 3.27. The largest absolute Gasteiger partial charge is 0.485 e. The zero-order valence-electron chi connectivity index (χ0n) is 17.1. The number of hydrogen-bond donors (Lipinski definition) is 2. The number of carboxylic acids is 1. The van der Waals surface area contributed by atoms with Gasteiger partial charge >= 0.3 is 5.97 Å². The first-order valence-corrected chi connectivity index (χ1v) is 9.72. The van der Waals surface area contributed by atoms with Gasteiger partial charge in [0.1, 0.15) is 6.61 Å². The highest BCUT2D eigenvalue weighted by Crippen LogP contribution is 2.28. The fourth-order valence-electron chi connectivity index (χ4n) is 3.40. The maximum atomic E-state index is 14.5. The van der Waals surface area contributed by atoms with Gasteiger partial charge in [0.2, 0.25) is 5.91 Å². The van der Waals surface area contributed by atoms with E-state index < -0.39 is 35.2 Å². The van der Waals surface area contributed by atoms with Crippen molar-refractivity contribution in [2.45, 2.75) is 32.7 Å². The molecule has 0 bridgehead atoms. The molecule has 2 atom stereocenters. The second-order valence-corrected chi connectivity index (χ2v) is 7.59. The maximum Gasteiger partial charge on any atom is 0.306 e. The number of nitrogens with zero attached hydrogens (tertiary/aromatic N) is 2. The lowest BCUT2D eigenvalue weighted by Crippen LogP contribution is -2.32. The van der Waals surface area contributed by atoms with Crippen LogP contribution in [0.15, 0.2) is 41.5 Å². The molecule has 1 aliphatic rings. The summed E-state index contributed by atoms with van der Waals surface area (Å²) in [7, 11) is 0. The third kappa shape index (κ3) is 5.17. The predicted molar refractivity (Wildman–Crippen MR) is 111 cm³/mol. The minimum Gasteiger partial charge on any atom is -0.485 e. The quantitative estimate of drug-likeness (QED) is 0.667. The number of benzene rings is 2. The van der Waals surface area contributed by atoms with Gasteiger partial charge in [-0.3, -0.25) is 14.6 Å². The molecule has 2 aromatic rings. The van der Waals surface area contributed by atoms with E-state index in [9.17, 15) is 18.4 Å². The Morgan fingerprint density at radius 2 is 1.87 bits per heavy atom. The van der Waals surface area contributed by atoms with Gasteiger partial charge in [0, 0.05) is 17.7 Å². The van der Waals surface area contributed by atoms with Crippen LogP contribution in [0.5, 0.6) is 5.75 Å². The van der Waals surface area contributed by atoms with Crippen LogP contribution in [0.1, 0.15) is 36.2 Å². The van der Waals surface area contributed by atoms with E-state index >= 15 is 0 Å². The third-order valence-electron chi connectivity index (χ3n) is 5.01. The lowest BCUT2D eigenvalue weighted by molar-refractivity contribution is -0.141. The minimum atomic E-state index is -1.04. The summed E-state index contributed by atoms with van der Waals surface area (Å²) in [5.41, 5.74) is 7.38. The number of carboxylic acid groups (broad SMARTS) is 1. The third-order valence-corrected chi connectivity index (χ3v) is 5.01. The Balaban J connectivity index is 1.72. The van der Waals surface area contributed by atoms with Crippen LogP contribution in [-0.4, -0.2) is 35.3 Å². The first-order chi connectivity index (χ1) is 14.7. The van der Waals surface area contributed by atoms with Crippen LogP contribution in [-0.2, 0) is 11.2 Å². The van der Waals surface area contributed by atoms with Crippen molar-refractivity contribution in [3.05, 3.63) is 59.2 Å². The Hall–Kier alpha value is -3.49. The standard InChI is InChI=1S/C22H23F2N3O4/c1-12(22(29)30)7-14-9-18(23)20(19(24)10-14)31-11-17-8-13(2)26-27(17)16-5-3-15(4-6-16)21(25)28/h3-6,9-10,12,17H,7-8,11H2,1-2H3,(H2,25,28)(H,29,30). The summed E-state index contributed by atoms with van der Waals surface area (Å²) in [6, 6.07) is 8.42. The Morgan fingerprint density at radius 3 is 2.42 bits per heavy atom. The van der Waals surface area contributed by atoms with Gasteiger partial charge in [-0.1, -0.05) is 6.92 Å². The molecule has 1 amide bonds. The number of halogens is 2. The topological polar surface area (TPSA) is 105 Å². The van der Waals surface area contributed by atoms with Crippen LogP contribution in [0.3, 0.4) is 0 Å². The minimum absolute atomic E-state index is 0.00812. The number of carbonyl (C=O) groups is 2. The van der Waals surface area contributed by atoms with Crippen molar-refractivity contribution in [3.8, 4) is 5.75 Å². The number of anilines is 1. The predicted octanol–water partition coefficient (Wildman–Crippen LogP) is 3.36. The van der Waals surface area contributed by atoms with Gasteiger partial charge in [0.25, 0.3) is 0 Å². The lowest BCUT2D eigenvalue weighted by Gasteiger charge is -2.24. The van der Waals surface area contributed by atoms with E-state index in [2.05, 4.69) is 5.10 Å². The molecule has 164 valence electrons. The van der Waals surface area contributed by atoms with Crippen molar-refractivity contribution in [1.82, 2.24) is 0 Å². The molecule has 3 rings (SSSR count). The van der Waals surface area contributed by atoms with Crippen molar-refractivity contribution in [2.24, 2.45) is 16.8 Å². The van der Waals surface area contributed by atoms with Crippen LogP contribution in [0.4, 0.5) is 14.5 Å². The second-order valence-electron chi connectivity index (χ2n) is 7.59. The van der Waals surface area contributed by atoms with Crippen LogP contribution >= 0.6 is 0 Å². The van der Waals surface area contributed by atoms with Crippen LogP contribution < -0.4 is 15.5 Å². The Bertz CT molecular complexity index is 1000. The molecule has 1 aliphatic heterocycles. The molecular weight excluding hydrogens is 408 g/mol. The molecule has 3 N–H and O–H groups in total. The lowest BCUT2D eigenvalue weighted by atomic mass is 10.0. The summed E-state index contributed by atoms with van der Waals surface area (Å²) in [4.78, 5) is 22.2. The number of aliphatic carboxylic acids is 1.